The number of para-hydroxylation sites is 1. The van der Waals surface area contributed by atoms with E-state index in [4.69, 9.17) is 10.00 Å². The normalized spacial score (nSPS) is 11.4. The Morgan fingerprint density at radius 3 is 2.00 bits per heavy atom. The first kappa shape index (κ1) is 10.3. The molecule has 0 aromatic heterocycles. The molecule has 0 aliphatic rings. The summed E-state index contributed by atoms with van der Waals surface area (Å²) in [6.45, 7) is 0. The van der Waals surface area contributed by atoms with E-state index in [1.165, 1.54) is 0 Å². The number of hydrogen-bond acceptors (Lipinski definition) is 2. The molecule has 1 atom stereocenters. The smallest absolute Gasteiger partial charge is 0.209 e. The lowest BCUT2D eigenvalue weighted by Crippen LogP contribution is -2.04. The van der Waals surface area contributed by atoms with Crippen molar-refractivity contribution in [1.82, 2.24) is 0 Å². The molecule has 2 nitrogen and oxygen atoms in total. The summed E-state index contributed by atoms with van der Waals surface area (Å²) in [5.74, 6) is 0.706. The predicted molar refractivity (Wildman–Crippen MR) is 61.9 cm³/mol. The lowest BCUT2D eigenvalue weighted by atomic mass is 10.1. The minimum absolute atomic E-state index is 0.552. The molecule has 0 heterocycles. The zero-order valence-electron chi connectivity index (χ0n) is 8.71. The van der Waals surface area contributed by atoms with E-state index in [9.17, 15) is 0 Å². The van der Waals surface area contributed by atoms with Crippen LogP contribution < -0.4 is 4.74 Å². The van der Waals surface area contributed by atoms with Crippen LogP contribution in [0.1, 0.15) is 11.7 Å². The number of nitriles is 1. The van der Waals surface area contributed by atoms with Crippen molar-refractivity contribution < 1.29 is 4.74 Å². The molecule has 2 rings (SSSR count). The molecule has 0 saturated heterocycles. The standard InChI is InChI=1S/C14H11NO/c15-11-14(12-7-3-1-4-8-12)16-13-9-5-2-6-10-13/h1-10,14H/t14-/m1/s1. The second-order valence-electron chi connectivity index (χ2n) is 3.35. The first-order chi connectivity index (χ1) is 7.90. The molecule has 16 heavy (non-hydrogen) atoms. The van der Waals surface area contributed by atoms with Crippen LogP contribution in [0.5, 0.6) is 5.75 Å². The van der Waals surface area contributed by atoms with Gasteiger partial charge in [0.2, 0.25) is 6.10 Å². The van der Waals surface area contributed by atoms with Crippen molar-refractivity contribution >= 4 is 0 Å². The van der Waals surface area contributed by atoms with Gasteiger partial charge in [0.25, 0.3) is 0 Å². The maximum atomic E-state index is 9.07. The maximum Gasteiger partial charge on any atom is 0.209 e. The summed E-state index contributed by atoms with van der Waals surface area (Å²) in [5, 5.41) is 9.07. The average Bonchev–Trinajstić information content (AvgIpc) is 2.38. The zero-order valence-corrected chi connectivity index (χ0v) is 8.71. The van der Waals surface area contributed by atoms with Crippen molar-refractivity contribution in [2.75, 3.05) is 0 Å². The lowest BCUT2D eigenvalue weighted by molar-refractivity contribution is 0.262. The monoisotopic (exact) mass is 209 g/mol. The van der Waals surface area contributed by atoms with Crippen LogP contribution in [0.25, 0.3) is 0 Å². The summed E-state index contributed by atoms with van der Waals surface area (Å²) >= 11 is 0. The first-order valence-corrected chi connectivity index (χ1v) is 5.06. The third-order valence-corrected chi connectivity index (χ3v) is 2.22. The van der Waals surface area contributed by atoms with E-state index >= 15 is 0 Å². The van der Waals surface area contributed by atoms with Crippen molar-refractivity contribution in [3.63, 3.8) is 0 Å². The van der Waals surface area contributed by atoms with Crippen LogP contribution in [0.15, 0.2) is 60.7 Å². The molecule has 0 amide bonds. The van der Waals surface area contributed by atoms with Crippen LogP contribution in [-0.4, -0.2) is 0 Å². The molecule has 0 aliphatic carbocycles. The Kier molecular flexibility index (Phi) is 3.20. The molecule has 2 heteroatoms. The Morgan fingerprint density at radius 1 is 0.875 bits per heavy atom. The molecular weight excluding hydrogens is 198 g/mol. The van der Waals surface area contributed by atoms with Crippen molar-refractivity contribution in [2.24, 2.45) is 0 Å². The molecule has 0 bridgehead atoms. The van der Waals surface area contributed by atoms with Gasteiger partial charge in [-0.05, 0) is 12.1 Å². The molecule has 0 radical (unpaired) electrons. The summed E-state index contributed by atoms with van der Waals surface area (Å²) < 4.78 is 5.59. The van der Waals surface area contributed by atoms with Gasteiger partial charge in [0.15, 0.2) is 0 Å². The van der Waals surface area contributed by atoms with E-state index in [2.05, 4.69) is 6.07 Å². The predicted octanol–water partition coefficient (Wildman–Crippen LogP) is 3.33. The highest BCUT2D eigenvalue weighted by Gasteiger charge is 2.10. The van der Waals surface area contributed by atoms with E-state index < -0.39 is 6.10 Å². The van der Waals surface area contributed by atoms with Gasteiger partial charge in [-0.25, -0.2) is 0 Å². The molecular formula is C14H11NO. The second-order valence-corrected chi connectivity index (χ2v) is 3.35. The summed E-state index contributed by atoms with van der Waals surface area (Å²) in [4.78, 5) is 0. The number of hydrogen-bond donors (Lipinski definition) is 0. The zero-order chi connectivity index (χ0) is 11.2. The lowest BCUT2D eigenvalue weighted by Gasteiger charge is -2.12. The largest absolute Gasteiger partial charge is 0.471 e. The summed E-state index contributed by atoms with van der Waals surface area (Å²) in [6, 6.07) is 21.0. The molecule has 0 saturated carbocycles. The quantitative estimate of drug-likeness (QED) is 0.776. The summed E-state index contributed by atoms with van der Waals surface area (Å²) in [6.07, 6.45) is -0.552. The molecule has 2 aromatic carbocycles. The van der Waals surface area contributed by atoms with Crippen molar-refractivity contribution in [3.05, 3.63) is 66.2 Å². The highest BCUT2D eigenvalue weighted by molar-refractivity contribution is 5.27. The van der Waals surface area contributed by atoms with Crippen LogP contribution in [0.2, 0.25) is 0 Å². The minimum Gasteiger partial charge on any atom is -0.471 e. The molecule has 0 unspecified atom stereocenters. The Bertz CT molecular complexity index is 473. The number of nitrogens with zero attached hydrogens (tertiary/aromatic N) is 1. The van der Waals surface area contributed by atoms with Gasteiger partial charge in [-0.15, -0.1) is 0 Å². The minimum atomic E-state index is -0.552. The average molecular weight is 209 g/mol. The number of rotatable bonds is 3. The van der Waals surface area contributed by atoms with Crippen molar-refractivity contribution in [2.45, 2.75) is 6.10 Å². The molecule has 0 fully saturated rings. The van der Waals surface area contributed by atoms with E-state index in [1.54, 1.807) is 0 Å². The van der Waals surface area contributed by atoms with Gasteiger partial charge in [0, 0.05) is 5.56 Å². The van der Waals surface area contributed by atoms with Gasteiger partial charge < -0.3 is 4.74 Å². The Balaban J connectivity index is 2.17. The maximum absolute atomic E-state index is 9.07. The third kappa shape index (κ3) is 2.40. The van der Waals surface area contributed by atoms with Gasteiger partial charge in [-0.1, -0.05) is 48.5 Å². The van der Waals surface area contributed by atoms with E-state index in [-0.39, 0.29) is 0 Å². The topological polar surface area (TPSA) is 33.0 Å². The first-order valence-electron chi connectivity index (χ1n) is 5.06. The molecule has 0 spiro atoms. The van der Waals surface area contributed by atoms with E-state index in [0.717, 1.165) is 5.56 Å². The van der Waals surface area contributed by atoms with Crippen LogP contribution in [0, 0.1) is 11.3 Å². The highest BCUT2D eigenvalue weighted by Crippen LogP contribution is 2.20. The highest BCUT2D eigenvalue weighted by atomic mass is 16.5. The van der Waals surface area contributed by atoms with Crippen LogP contribution in [0.3, 0.4) is 0 Å². The Labute approximate surface area is 94.7 Å². The Hall–Kier alpha value is -2.27. The Morgan fingerprint density at radius 2 is 1.44 bits per heavy atom. The fourth-order valence-electron chi connectivity index (χ4n) is 1.43. The van der Waals surface area contributed by atoms with Gasteiger partial charge in [0.1, 0.15) is 11.8 Å². The molecule has 78 valence electrons. The van der Waals surface area contributed by atoms with E-state index in [0.29, 0.717) is 5.75 Å². The van der Waals surface area contributed by atoms with Crippen LogP contribution in [-0.2, 0) is 0 Å². The van der Waals surface area contributed by atoms with E-state index in [1.807, 2.05) is 60.7 Å². The van der Waals surface area contributed by atoms with Crippen molar-refractivity contribution in [3.8, 4) is 11.8 Å². The van der Waals surface area contributed by atoms with Crippen molar-refractivity contribution in [1.29, 1.82) is 5.26 Å². The molecule has 2 aromatic rings. The van der Waals surface area contributed by atoms with Crippen LogP contribution in [0.4, 0.5) is 0 Å². The SMILES string of the molecule is N#C[C@@H](Oc1ccccc1)c1ccccc1. The van der Waals surface area contributed by atoms with Gasteiger partial charge in [0.05, 0.1) is 0 Å². The van der Waals surface area contributed by atoms with Gasteiger partial charge >= 0.3 is 0 Å². The fourth-order valence-corrected chi connectivity index (χ4v) is 1.43. The summed E-state index contributed by atoms with van der Waals surface area (Å²) in [5.41, 5.74) is 0.869. The van der Waals surface area contributed by atoms with Gasteiger partial charge in [-0.2, -0.15) is 5.26 Å². The number of ether oxygens (including phenoxy) is 1. The molecule has 0 N–H and O–H groups in total. The molecule has 0 aliphatic heterocycles. The van der Waals surface area contributed by atoms with Gasteiger partial charge in [-0.3, -0.25) is 0 Å². The van der Waals surface area contributed by atoms with Crippen LogP contribution >= 0.6 is 0 Å². The summed E-state index contributed by atoms with van der Waals surface area (Å²) in [7, 11) is 0. The second kappa shape index (κ2) is 4.99. The number of benzene rings is 2. The fraction of sp³-hybridized carbons (Fsp3) is 0.0714. The third-order valence-electron chi connectivity index (χ3n) is 2.22.